The zero-order valence-corrected chi connectivity index (χ0v) is 17.9. The largest absolute Gasteiger partial charge is 1.00 e. The average molecular weight is 355 g/mol. The zero-order valence-electron chi connectivity index (χ0n) is 12.2. The Hall–Kier alpha value is 0.550. The van der Waals surface area contributed by atoms with E-state index in [2.05, 4.69) is 0 Å². The Morgan fingerprint density at radius 2 is 1.45 bits per heavy atom. The van der Waals surface area contributed by atoms with Crippen LogP contribution in [0, 0.1) is 0 Å². The zero-order chi connectivity index (χ0) is 14.8. The molecule has 0 aliphatic heterocycles. The molecule has 0 aromatic heterocycles. The van der Waals surface area contributed by atoms with E-state index in [1.165, 1.54) is 36.4 Å². The third kappa shape index (κ3) is 5.88. The monoisotopic (exact) mass is 354 g/mol. The summed E-state index contributed by atoms with van der Waals surface area (Å²) in [5, 5.41) is 0.422. The molecule has 0 radical (unpaired) electrons. The van der Waals surface area contributed by atoms with Gasteiger partial charge < -0.3 is 14.4 Å². The summed E-state index contributed by atoms with van der Waals surface area (Å²) in [6.45, 7) is 0. The van der Waals surface area contributed by atoms with Gasteiger partial charge in [0.2, 0.25) is 0 Å². The average Bonchev–Trinajstić information content (AvgIpc) is 2.39. The second kappa shape index (κ2) is 9.75. The molecule has 1 unspecified atom stereocenters. The molecule has 0 spiro atoms. The number of rotatable bonds is 4. The summed E-state index contributed by atoms with van der Waals surface area (Å²) in [6, 6.07) is 13.5. The van der Waals surface area contributed by atoms with Crippen molar-refractivity contribution < 1.29 is 78.3 Å². The summed E-state index contributed by atoms with van der Waals surface area (Å²) in [5.74, 6) is -0.749. The maximum absolute atomic E-state index is 12.3. The van der Waals surface area contributed by atoms with Crippen molar-refractivity contribution in [2.24, 2.45) is 0 Å². The summed E-state index contributed by atoms with van der Waals surface area (Å²) in [7, 11) is -5.11. The SMILES string of the molecule is O=C(c1ccc(Cl)cc1)C(c1ccccc1)P(=O)([O-])[O-].[Na+].[Na+]. The van der Waals surface area contributed by atoms with Crippen LogP contribution in [0.2, 0.25) is 5.02 Å². The second-order valence-electron chi connectivity index (χ2n) is 4.22. The predicted octanol–water partition coefficient (Wildman–Crippen LogP) is -3.81. The van der Waals surface area contributed by atoms with Gasteiger partial charge in [0.1, 0.15) is 0 Å². The van der Waals surface area contributed by atoms with E-state index in [1.54, 1.807) is 18.2 Å². The van der Waals surface area contributed by atoms with Crippen molar-refractivity contribution in [1.29, 1.82) is 0 Å². The number of carbonyl (C=O) groups excluding carboxylic acids is 1. The molecule has 1 atom stereocenters. The van der Waals surface area contributed by atoms with E-state index in [-0.39, 0.29) is 70.2 Å². The number of Topliss-reactive ketones (excluding diaryl/α,β-unsaturated/α-hetero) is 1. The third-order valence-electron chi connectivity index (χ3n) is 2.81. The molecule has 2 aromatic carbocycles. The molecule has 0 aliphatic rings. The predicted molar refractivity (Wildman–Crippen MR) is 72.6 cm³/mol. The summed E-state index contributed by atoms with van der Waals surface area (Å²) >= 11 is 5.71. The topological polar surface area (TPSA) is 80.3 Å². The van der Waals surface area contributed by atoms with Gasteiger partial charge >= 0.3 is 59.1 Å². The summed E-state index contributed by atoms with van der Waals surface area (Å²) in [6.07, 6.45) is 0. The van der Waals surface area contributed by atoms with Crippen molar-refractivity contribution in [3.05, 3.63) is 70.7 Å². The summed E-state index contributed by atoms with van der Waals surface area (Å²) < 4.78 is 11.4. The number of halogens is 1. The molecular formula is C14H10ClNa2O4P. The van der Waals surface area contributed by atoms with E-state index in [0.29, 0.717) is 5.02 Å². The molecule has 22 heavy (non-hydrogen) atoms. The number of ketones is 1. The van der Waals surface area contributed by atoms with Crippen molar-refractivity contribution in [2.75, 3.05) is 0 Å². The van der Waals surface area contributed by atoms with E-state index >= 15 is 0 Å². The Morgan fingerprint density at radius 3 is 1.91 bits per heavy atom. The van der Waals surface area contributed by atoms with Crippen LogP contribution in [0.25, 0.3) is 0 Å². The first-order valence-electron chi connectivity index (χ1n) is 5.76. The Morgan fingerprint density at radius 1 is 0.955 bits per heavy atom. The fourth-order valence-electron chi connectivity index (χ4n) is 1.88. The molecule has 0 heterocycles. The Bertz CT molecular complexity index is 658. The molecule has 0 N–H and O–H groups in total. The van der Waals surface area contributed by atoms with Gasteiger partial charge in [-0.15, -0.1) is 0 Å². The van der Waals surface area contributed by atoms with Gasteiger partial charge in [0, 0.05) is 10.6 Å². The molecule has 0 aliphatic carbocycles. The van der Waals surface area contributed by atoms with E-state index in [4.69, 9.17) is 11.6 Å². The quantitative estimate of drug-likeness (QED) is 0.320. The Kier molecular flexibility index (Phi) is 9.99. The molecule has 0 bridgehead atoms. The van der Waals surface area contributed by atoms with Crippen LogP contribution in [0.15, 0.2) is 54.6 Å². The third-order valence-corrected chi connectivity index (χ3v) is 4.23. The normalized spacial score (nSPS) is 11.8. The van der Waals surface area contributed by atoms with Crippen LogP contribution in [0.3, 0.4) is 0 Å². The molecule has 4 nitrogen and oxygen atoms in total. The molecule has 0 fully saturated rings. The van der Waals surface area contributed by atoms with Crippen molar-refractivity contribution in [3.8, 4) is 0 Å². The fraction of sp³-hybridized carbons (Fsp3) is 0.0714. The van der Waals surface area contributed by atoms with E-state index in [9.17, 15) is 19.1 Å². The molecular weight excluding hydrogens is 345 g/mol. The molecule has 2 rings (SSSR count). The Labute approximate surface area is 178 Å². The van der Waals surface area contributed by atoms with Crippen LogP contribution in [0.1, 0.15) is 21.6 Å². The molecule has 8 heteroatoms. The Balaban J connectivity index is 0.00000220. The first-order valence-corrected chi connectivity index (χ1v) is 7.75. The van der Waals surface area contributed by atoms with Gasteiger partial charge in [0.05, 0.1) is 5.66 Å². The molecule has 2 aromatic rings. The molecule has 0 saturated carbocycles. The van der Waals surface area contributed by atoms with Crippen molar-refractivity contribution >= 4 is 25.0 Å². The number of hydrogen-bond donors (Lipinski definition) is 0. The number of hydrogen-bond acceptors (Lipinski definition) is 4. The van der Waals surface area contributed by atoms with Gasteiger partial charge in [-0.05, 0) is 29.8 Å². The van der Waals surface area contributed by atoms with Crippen LogP contribution in [-0.2, 0) is 4.57 Å². The van der Waals surface area contributed by atoms with Crippen LogP contribution >= 0.6 is 19.2 Å². The van der Waals surface area contributed by atoms with Crippen molar-refractivity contribution in [3.63, 3.8) is 0 Å². The number of benzene rings is 2. The minimum absolute atomic E-state index is 0. The first-order chi connectivity index (χ1) is 9.39. The van der Waals surface area contributed by atoms with Crippen LogP contribution in [0.5, 0.6) is 0 Å². The number of carbonyl (C=O) groups is 1. The summed E-state index contributed by atoms with van der Waals surface area (Å²) in [4.78, 5) is 35.2. The molecule has 104 valence electrons. The standard InChI is InChI=1S/C14H12ClO4P.2Na/c15-12-8-6-10(7-9-12)13(16)14(20(17,18)19)11-4-2-1-3-5-11;;/h1-9,14H,(H2,17,18,19);;/q;2*+1/p-2. The van der Waals surface area contributed by atoms with Crippen molar-refractivity contribution in [1.82, 2.24) is 0 Å². The first kappa shape index (κ1) is 22.6. The van der Waals surface area contributed by atoms with E-state index < -0.39 is 19.0 Å². The minimum atomic E-state index is -5.11. The van der Waals surface area contributed by atoms with Crippen LogP contribution < -0.4 is 68.9 Å². The van der Waals surface area contributed by atoms with Crippen molar-refractivity contribution in [2.45, 2.75) is 5.66 Å². The molecule has 0 amide bonds. The minimum Gasteiger partial charge on any atom is -0.810 e. The second-order valence-corrected chi connectivity index (χ2v) is 6.26. The van der Waals surface area contributed by atoms with Gasteiger partial charge in [-0.3, -0.25) is 4.79 Å². The van der Waals surface area contributed by atoms with Gasteiger partial charge in [-0.2, -0.15) is 0 Å². The van der Waals surface area contributed by atoms with Gasteiger partial charge in [0.15, 0.2) is 5.78 Å². The van der Waals surface area contributed by atoms with E-state index in [0.717, 1.165) is 0 Å². The van der Waals surface area contributed by atoms with E-state index in [1.807, 2.05) is 0 Å². The van der Waals surface area contributed by atoms with Crippen LogP contribution in [0.4, 0.5) is 0 Å². The maximum atomic E-state index is 12.3. The fourth-order valence-corrected chi connectivity index (χ4v) is 2.98. The van der Waals surface area contributed by atoms with Gasteiger partial charge in [0.25, 0.3) is 0 Å². The van der Waals surface area contributed by atoms with Gasteiger partial charge in [-0.25, -0.2) is 0 Å². The summed E-state index contributed by atoms with van der Waals surface area (Å²) in [5.41, 5.74) is -1.42. The van der Waals surface area contributed by atoms with Gasteiger partial charge in [-0.1, -0.05) is 49.5 Å². The molecule has 0 saturated heterocycles. The van der Waals surface area contributed by atoms with Crippen LogP contribution in [-0.4, -0.2) is 5.78 Å². The maximum Gasteiger partial charge on any atom is 1.00 e. The smallest absolute Gasteiger partial charge is 0.810 e.